The molecule has 11 heteroatoms. The summed E-state index contributed by atoms with van der Waals surface area (Å²) in [6.45, 7) is 1.97. The summed E-state index contributed by atoms with van der Waals surface area (Å²) in [5, 5.41) is 7.11. The molecular weight excluding hydrogens is 468 g/mol. The fourth-order valence-electron chi connectivity index (χ4n) is 3.18. The Balaban J connectivity index is 1.54. The number of hydrogen-bond donors (Lipinski definition) is 1. The van der Waals surface area contributed by atoms with Gasteiger partial charge in [-0.15, -0.1) is 0 Å². The number of hydrogen-bond acceptors (Lipinski definition) is 7. The first-order chi connectivity index (χ1) is 15.7. The number of aromatic nitrogens is 2. The van der Waals surface area contributed by atoms with Crippen LogP contribution in [0.15, 0.2) is 47.0 Å². The first-order valence-corrected chi connectivity index (χ1v) is 12.4. The fraction of sp³-hybridized carbons (Fsp3) is 0.318. The molecule has 1 N–H and O–H groups in total. The molecule has 33 heavy (non-hydrogen) atoms. The lowest BCUT2D eigenvalue weighted by Gasteiger charge is -2.24. The maximum absolute atomic E-state index is 12.3. The lowest BCUT2D eigenvalue weighted by Crippen LogP contribution is -2.32. The van der Waals surface area contributed by atoms with Crippen LogP contribution < -0.4 is 14.4 Å². The van der Waals surface area contributed by atoms with Crippen molar-refractivity contribution in [2.24, 2.45) is 0 Å². The number of amides is 1. The van der Waals surface area contributed by atoms with Crippen molar-refractivity contribution >= 4 is 33.2 Å². The molecule has 0 saturated carbocycles. The fourth-order valence-corrected chi connectivity index (χ4v) is 4.37. The van der Waals surface area contributed by atoms with E-state index < -0.39 is 10.0 Å². The highest BCUT2D eigenvalue weighted by atomic mass is 35.5. The SMILES string of the molecule is COc1cccc(-c2noc(CNC(=O)CCCN(c3cccc(Cl)c3C)S(C)(=O)=O)n2)c1. The van der Waals surface area contributed by atoms with Crippen LogP contribution in [-0.2, 0) is 21.4 Å². The van der Waals surface area contributed by atoms with Crippen LogP contribution in [0.25, 0.3) is 11.4 Å². The lowest BCUT2D eigenvalue weighted by molar-refractivity contribution is -0.121. The Kier molecular flexibility index (Phi) is 7.93. The maximum Gasteiger partial charge on any atom is 0.246 e. The molecule has 0 radical (unpaired) electrons. The van der Waals surface area contributed by atoms with Gasteiger partial charge in [-0.2, -0.15) is 4.98 Å². The van der Waals surface area contributed by atoms with Crippen molar-refractivity contribution in [2.75, 3.05) is 24.2 Å². The quantitative estimate of drug-likeness (QED) is 0.460. The summed E-state index contributed by atoms with van der Waals surface area (Å²) in [6.07, 6.45) is 1.58. The highest BCUT2D eigenvalue weighted by Gasteiger charge is 2.20. The summed E-state index contributed by atoms with van der Waals surface area (Å²) < 4.78 is 36.2. The molecule has 0 fully saturated rings. The van der Waals surface area contributed by atoms with E-state index in [-0.39, 0.29) is 31.3 Å². The van der Waals surface area contributed by atoms with Gasteiger partial charge in [-0.05, 0) is 43.2 Å². The number of carbonyl (C=O) groups excluding carboxylic acids is 1. The highest BCUT2D eigenvalue weighted by Crippen LogP contribution is 2.28. The summed E-state index contributed by atoms with van der Waals surface area (Å²) in [6, 6.07) is 12.3. The average molecular weight is 493 g/mol. The van der Waals surface area contributed by atoms with Crippen LogP contribution in [0.2, 0.25) is 5.02 Å². The Morgan fingerprint density at radius 1 is 1.24 bits per heavy atom. The molecule has 0 unspecified atom stereocenters. The van der Waals surface area contributed by atoms with E-state index >= 15 is 0 Å². The molecule has 0 aliphatic rings. The Hall–Kier alpha value is -3.11. The molecule has 176 valence electrons. The van der Waals surface area contributed by atoms with Crippen LogP contribution >= 0.6 is 11.6 Å². The van der Waals surface area contributed by atoms with Crippen molar-refractivity contribution in [1.82, 2.24) is 15.5 Å². The average Bonchev–Trinajstić information content (AvgIpc) is 3.26. The molecule has 1 heterocycles. The second-order valence-electron chi connectivity index (χ2n) is 7.34. The van der Waals surface area contributed by atoms with Gasteiger partial charge in [0, 0.05) is 23.6 Å². The predicted octanol–water partition coefficient (Wildman–Crippen LogP) is 3.57. The number of halogens is 1. The van der Waals surface area contributed by atoms with E-state index in [2.05, 4.69) is 15.5 Å². The molecule has 0 saturated heterocycles. The molecule has 1 amide bonds. The van der Waals surface area contributed by atoms with Crippen LogP contribution in [0.3, 0.4) is 0 Å². The van der Waals surface area contributed by atoms with E-state index in [1.54, 1.807) is 38.3 Å². The molecular formula is C22H25ClN4O5S. The largest absolute Gasteiger partial charge is 0.497 e. The first kappa shape index (κ1) is 24.5. The van der Waals surface area contributed by atoms with Crippen LogP contribution in [-0.4, -0.2) is 44.4 Å². The number of anilines is 1. The number of carbonyl (C=O) groups is 1. The Morgan fingerprint density at radius 2 is 2.00 bits per heavy atom. The normalized spacial score (nSPS) is 11.3. The molecule has 0 atom stereocenters. The van der Waals surface area contributed by atoms with Gasteiger partial charge >= 0.3 is 0 Å². The summed E-state index contributed by atoms with van der Waals surface area (Å²) in [7, 11) is -1.97. The van der Waals surface area contributed by atoms with E-state index in [1.807, 2.05) is 18.2 Å². The number of benzene rings is 2. The van der Waals surface area contributed by atoms with Gasteiger partial charge in [-0.25, -0.2) is 8.42 Å². The summed E-state index contributed by atoms with van der Waals surface area (Å²) in [5.41, 5.74) is 1.89. The first-order valence-electron chi connectivity index (χ1n) is 10.2. The molecule has 3 aromatic rings. The Labute approximate surface area is 197 Å². The van der Waals surface area contributed by atoms with Crippen LogP contribution in [0.1, 0.15) is 24.3 Å². The van der Waals surface area contributed by atoms with Crippen molar-refractivity contribution in [3.8, 4) is 17.1 Å². The van der Waals surface area contributed by atoms with Gasteiger partial charge < -0.3 is 14.6 Å². The van der Waals surface area contributed by atoms with Gasteiger partial charge in [0.1, 0.15) is 5.75 Å². The third kappa shape index (κ3) is 6.45. The van der Waals surface area contributed by atoms with E-state index in [9.17, 15) is 13.2 Å². The van der Waals surface area contributed by atoms with Crippen LogP contribution in [0.4, 0.5) is 5.69 Å². The highest BCUT2D eigenvalue weighted by molar-refractivity contribution is 7.92. The van der Waals surface area contributed by atoms with E-state index in [1.165, 1.54) is 4.31 Å². The zero-order valence-corrected chi connectivity index (χ0v) is 20.1. The predicted molar refractivity (Wildman–Crippen MR) is 126 cm³/mol. The lowest BCUT2D eigenvalue weighted by atomic mass is 10.2. The van der Waals surface area contributed by atoms with Gasteiger partial charge in [-0.1, -0.05) is 35.0 Å². The van der Waals surface area contributed by atoms with Gasteiger partial charge in [0.05, 0.1) is 25.6 Å². The third-order valence-corrected chi connectivity index (χ3v) is 6.50. The van der Waals surface area contributed by atoms with Crippen LogP contribution in [0.5, 0.6) is 5.75 Å². The molecule has 1 aromatic heterocycles. The van der Waals surface area contributed by atoms with Gasteiger partial charge in [0.2, 0.25) is 27.6 Å². The molecule has 9 nitrogen and oxygen atoms in total. The minimum atomic E-state index is -3.54. The number of ether oxygens (including phenoxy) is 1. The van der Waals surface area contributed by atoms with E-state index in [0.717, 1.165) is 11.8 Å². The smallest absolute Gasteiger partial charge is 0.246 e. The molecule has 3 rings (SSSR count). The topological polar surface area (TPSA) is 115 Å². The molecule has 0 spiro atoms. The Bertz CT molecular complexity index is 1230. The van der Waals surface area contributed by atoms with Gasteiger partial charge in [-0.3, -0.25) is 9.10 Å². The number of nitrogens with one attached hydrogen (secondary N) is 1. The number of rotatable bonds is 10. The maximum atomic E-state index is 12.3. The third-order valence-electron chi connectivity index (χ3n) is 4.91. The zero-order valence-electron chi connectivity index (χ0n) is 18.5. The second kappa shape index (κ2) is 10.7. The Morgan fingerprint density at radius 3 is 2.73 bits per heavy atom. The number of nitrogens with zero attached hydrogens (tertiary/aromatic N) is 3. The molecule has 2 aromatic carbocycles. The van der Waals surface area contributed by atoms with Crippen molar-refractivity contribution in [1.29, 1.82) is 0 Å². The van der Waals surface area contributed by atoms with Crippen LogP contribution in [0, 0.1) is 6.92 Å². The minimum Gasteiger partial charge on any atom is -0.497 e. The monoisotopic (exact) mass is 492 g/mol. The minimum absolute atomic E-state index is 0.0684. The van der Waals surface area contributed by atoms with Gasteiger partial charge in [0.15, 0.2) is 0 Å². The number of sulfonamides is 1. The van der Waals surface area contributed by atoms with Crippen molar-refractivity contribution in [2.45, 2.75) is 26.3 Å². The summed E-state index contributed by atoms with van der Waals surface area (Å²) in [4.78, 5) is 16.5. The second-order valence-corrected chi connectivity index (χ2v) is 9.66. The van der Waals surface area contributed by atoms with E-state index in [4.69, 9.17) is 20.9 Å². The van der Waals surface area contributed by atoms with Crippen molar-refractivity contribution < 1.29 is 22.5 Å². The van der Waals surface area contributed by atoms with Crippen molar-refractivity contribution in [3.63, 3.8) is 0 Å². The summed E-state index contributed by atoms with van der Waals surface area (Å²) in [5.74, 6) is 1.06. The molecule has 0 aliphatic heterocycles. The molecule has 0 bridgehead atoms. The molecule has 0 aliphatic carbocycles. The summed E-state index contributed by atoms with van der Waals surface area (Å²) >= 11 is 6.14. The zero-order chi connectivity index (χ0) is 24.0. The standard InChI is InChI=1S/C22H25ClN4O5S/c1-15-18(23)9-5-10-19(15)27(33(3,29)30)12-6-11-20(28)24-14-21-25-22(26-32-21)16-7-4-8-17(13-16)31-2/h4-5,7-10,13H,6,11-12,14H2,1-3H3,(H,24,28). The van der Waals surface area contributed by atoms with Gasteiger partial charge in [0.25, 0.3) is 0 Å². The number of methoxy groups -OCH3 is 1. The van der Waals surface area contributed by atoms with E-state index in [0.29, 0.717) is 34.3 Å². The van der Waals surface area contributed by atoms with Crippen molar-refractivity contribution in [3.05, 3.63) is 58.9 Å².